The summed E-state index contributed by atoms with van der Waals surface area (Å²) < 4.78 is 68.2. The summed E-state index contributed by atoms with van der Waals surface area (Å²) in [6, 6.07) is 1.39. The van der Waals surface area contributed by atoms with Gasteiger partial charge in [0.1, 0.15) is 18.2 Å². The molecular formula is C13H16F5NO. The number of hydrogen-bond donors (Lipinski definition) is 1. The first-order chi connectivity index (χ1) is 9.26. The van der Waals surface area contributed by atoms with Gasteiger partial charge in [0.2, 0.25) is 0 Å². The first-order valence-corrected chi connectivity index (χ1v) is 6.08. The second-order valence-corrected chi connectivity index (χ2v) is 4.33. The molecule has 0 spiro atoms. The topological polar surface area (TPSA) is 21.3 Å². The van der Waals surface area contributed by atoms with Crippen LogP contribution in [0.25, 0.3) is 0 Å². The SMILES string of the molecule is CCNC(COCC(F)(F)F)c1c(F)ccc(C)c1F. The number of rotatable bonds is 6. The van der Waals surface area contributed by atoms with E-state index in [-0.39, 0.29) is 11.1 Å². The van der Waals surface area contributed by atoms with Gasteiger partial charge in [0, 0.05) is 5.56 Å². The van der Waals surface area contributed by atoms with Crippen LogP contribution < -0.4 is 5.32 Å². The number of halogens is 5. The molecule has 0 radical (unpaired) electrons. The molecule has 1 unspecified atom stereocenters. The van der Waals surface area contributed by atoms with Crippen molar-refractivity contribution in [1.82, 2.24) is 5.32 Å². The molecule has 0 aliphatic rings. The lowest BCUT2D eigenvalue weighted by molar-refractivity contribution is -0.175. The van der Waals surface area contributed by atoms with E-state index >= 15 is 0 Å². The quantitative estimate of drug-likeness (QED) is 0.811. The van der Waals surface area contributed by atoms with Crippen molar-refractivity contribution in [3.8, 4) is 0 Å². The van der Waals surface area contributed by atoms with Crippen LogP contribution in [-0.4, -0.2) is 25.9 Å². The van der Waals surface area contributed by atoms with Crippen molar-refractivity contribution in [2.75, 3.05) is 19.8 Å². The zero-order valence-corrected chi connectivity index (χ0v) is 11.2. The smallest absolute Gasteiger partial charge is 0.370 e. The van der Waals surface area contributed by atoms with Gasteiger partial charge in [-0.2, -0.15) is 13.2 Å². The van der Waals surface area contributed by atoms with E-state index in [0.29, 0.717) is 6.54 Å². The molecule has 1 aromatic carbocycles. The summed E-state index contributed by atoms with van der Waals surface area (Å²) in [4.78, 5) is 0. The predicted molar refractivity (Wildman–Crippen MR) is 64.4 cm³/mol. The van der Waals surface area contributed by atoms with Gasteiger partial charge in [0.15, 0.2) is 0 Å². The molecule has 0 aromatic heterocycles. The number of nitrogens with one attached hydrogen (secondary N) is 1. The number of likely N-dealkylation sites (N-methyl/N-ethyl adjacent to an activating group) is 1. The predicted octanol–water partition coefficient (Wildman–Crippen LogP) is 3.50. The van der Waals surface area contributed by atoms with Crippen LogP contribution in [0.1, 0.15) is 24.1 Å². The van der Waals surface area contributed by atoms with Gasteiger partial charge >= 0.3 is 6.18 Å². The molecule has 1 atom stereocenters. The van der Waals surface area contributed by atoms with Gasteiger partial charge in [-0.25, -0.2) is 8.78 Å². The molecule has 7 heteroatoms. The molecule has 0 fully saturated rings. The Morgan fingerprint density at radius 3 is 2.45 bits per heavy atom. The van der Waals surface area contributed by atoms with Gasteiger partial charge in [-0.15, -0.1) is 0 Å². The van der Waals surface area contributed by atoms with Crippen LogP contribution in [0.5, 0.6) is 0 Å². The van der Waals surface area contributed by atoms with Gasteiger partial charge in [-0.1, -0.05) is 13.0 Å². The summed E-state index contributed by atoms with van der Waals surface area (Å²) in [5.41, 5.74) is -0.0749. The molecule has 0 heterocycles. The Labute approximate surface area is 113 Å². The minimum absolute atomic E-state index is 0.222. The van der Waals surface area contributed by atoms with E-state index in [0.717, 1.165) is 6.07 Å². The summed E-state index contributed by atoms with van der Waals surface area (Å²) in [7, 11) is 0. The molecule has 20 heavy (non-hydrogen) atoms. The third kappa shape index (κ3) is 4.72. The fraction of sp³-hybridized carbons (Fsp3) is 0.538. The minimum Gasteiger partial charge on any atom is -0.370 e. The standard InChI is InChI=1S/C13H16F5NO/c1-3-19-10(6-20-7-13(16,17)18)11-9(14)5-4-8(2)12(11)15/h4-5,10,19H,3,6-7H2,1-2H3. The van der Waals surface area contributed by atoms with Crippen LogP contribution in [0, 0.1) is 18.6 Å². The summed E-state index contributed by atoms with van der Waals surface area (Å²) in [6.07, 6.45) is -4.47. The molecule has 0 aliphatic heterocycles. The highest BCUT2D eigenvalue weighted by molar-refractivity contribution is 5.29. The average molecular weight is 297 g/mol. The van der Waals surface area contributed by atoms with Crippen LogP contribution in [0.2, 0.25) is 0 Å². The highest BCUT2D eigenvalue weighted by Gasteiger charge is 2.29. The highest BCUT2D eigenvalue weighted by Crippen LogP contribution is 2.24. The Kier molecular flexibility index (Phi) is 5.88. The van der Waals surface area contributed by atoms with E-state index in [1.165, 1.54) is 13.0 Å². The Morgan fingerprint density at radius 1 is 1.25 bits per heavy atom. The normalized spacial score (nSPS) is 13.6. The number of alkyl halides is 3. The monoisotopic (exact) mass is 297 g/mol. The van der Waals surface area contributed by atoms with Crippen LogP contribution in [0.3, 0.4) is 0 Å². The number of aryl methyl sites for hydroxylation is 1. The van der Waals surface area contributed by atoms with Gasteiger partial charge < -0.3 is 10.1 Å². The summed E-state index contributed by atoms with van der Waals surface area (Å²) >= 11 is 0. The van der Waals surface area contributed by atoms with Crippen molar-refractivity contribution in [2.45, 2.75) is 26.1 Å². The molecule has 1 rings (SSSR count). The Morgan fingerprint density at radius 2 is 1.90 bits per heavy atom. The lowest BCUT2D eigenvalue weighted by atomic mass is 10.0. The zero-order chi connectivity index (χ0) is 15.3. The van der Waals surface area contributed by atoms with E-state index < -0.39 is 37.1 Å². The lowest BCUT2D eigenvalue weighted by Crippen LogP contribution is -2.29. The average Bonchev–Trinajstić information content (AvgIpc) is 2.33. The third-order valence-electron chi connectivity index (χ3n) is 2.67. The maximum atomic E-state index is 13.9. The first-order valence-electron chi connectivity index (χ1n) is 6.08. The molecule has 0 bridgehead atoms. The van der Waals surface area contributed by atoms with E-state index in [9.17, 15) is 22.0 Å². The van der Waals surface area contributed by atoms with Gasteiger partial charge in [-0.05, 0) is 25.1 Å². The van der Waals surface area contributed by atoms with Crippen molar-refractivity contribution >= 4 is 0 Å². The van der Waals surface area contributed by atoms with Crippen LogP contribution in [0.15, 0.2) is 12.1 Å². The Hall–Kier alpha value is -1.21. The van der Waals surface area contributed by atoms with E-state index in [1.54, 1.807) is 6.92 Å². The van der Waals surface area contributed by atoms with Crippen molar-refractivity contribution in [1.29, 1.82) is 0 Å². The van der Waals surface area contributed by atoms with Gasteiger partial charge in [0.05, 0.1) is 12.6 Å². The largest absolute Gasteiger partial charge is 0.411 e. The third-order valence-corrected chi connectivity index (χ3v) is 2.67. The summed E-state index contributed by atoms with van der Waals surface area (Å²) in [5.74, 6) is -1.58. The minimum atomic E-state index is -4.47. The highest BCUT2D eigenvalue weighted by atomic mass is 19.4. The van der Waals surface area contributed by atoms with Crippen molar-refractivity contribution in [3.05, 3.63) is 34.9 Å². The van der Waals surface area contributed by atoms with Crippen LogP contribution >= 0.6 is 0 Å². The van der Waals surface area contributed by atoms with Crippen molar-refractivity contribution in [2.24, 2.45) is 0 Å². The van der Waals surface area contributed by atoms with Gasteiger partial charge in [-0.3, -0.25) is 0 Å². The number of hydrogen-bond acceptors (Lipinski definition) is 2. The molecular weight excluding hydrogens is 281 g/mol. The van der Waals surface area contributed by atoms with E-state index in [4.69, 9.17) is 0 Å². The molecule has 2 nitrogen and oxygen atoms in total. The molecule has 0 saturated heterocycles. The maximum absolute atomic E-state index is 13.9. The fourth-order valence-corrected chi connectivity index (χ4v) is 1.78. The van der Waals surface area contributed by atoms with Crippen molar-refractivity contribution < 1.29 is 26.7 Å². The maximum Gasteiger partial charge on any atom is 0.411 e. The Balaban J connectivity index is 2.88. The molecule has 0 amide bonds. The van der Waals surface area contributed by atoms with Gasteiger partial charge in [0.25, 0.3) is 0 Å². The number of benzene rings is 1. The second-order valence-electron chi connectivity index (χ2n) is 4.33. The Bertz CT molecular complexity index is 447. The number of ether oxygens (including phenoxy) is 1. The zero-order valence-electron chi connectivity index (χ0n) is 11.2. The van der Waals surface area contributed by atoms with Crippen LogP contribution in [-0.2, 0) is 4.74 Å². The van der Waals surface area contributed by atoms with Crippen molar-refractivity contribution in [3.63, 3.8) is 0 Å². The fourth-order valence-electron chi connectivity index (χ4n) is 1.78. The first kappa shape index (κ1) is 16.8. The molecule has 114 valence electrons. The summed E-state index contributed by atoms with van der Waals surface area (Å²) in [5, 5.41) is 2.72. The lowest BCUT2D eigenvalue weighted by Gasteiger charge is -2.21. The van der Waals surface area contributed by atoms with E-state index in [2.05, 4.69) is 10.1 Å². The van der Waals surface area contributed by atoms with Crippen LogP contribution in [0.4, 0.5) is 22.0 Å². The molecule has 0 aliphatic carbocycles. The molecule has 0 saturated carbocycles. The van der Waals surface area contributed by atoms with E-state index in [1.807, 2.05) is 0 Å². The summed E-state index contributed by atoms with van der Waals surface area (Å²) in [6.45, 7) is 1.56. The molecule has 1 N–H and O–H groups in total. The molecule has 1 aromatic rings. The second kappa shape index (κ2) is 6.99.